The van der Waals surface area contributed by atoms with E-state index in [1.165, 1.54) is 42.5 Å². The second-order valence-corrected chi connectivity index (χ2v) is 4.85. The number of ether oxygens (including phenoxy) is 1. The van der Waals surface area contributed by atoms with E-state index in [0.717, 1.165) is 0 Å². The summed E-state index contributed by atoms with van der Waals surface area (Å²) in [5.74, 6) is -0.128. The summed E-state index contributed by atoms with van der Waals surface area (Å²) in [6.45, 7) is 1.27. The summed E-state index contributed by atoms with van der Waals surface area (Å²) in [5.41, 5.74) is 0.714. The van der Waals surface area contributed by atoms with Crippen molar-refractivity contribution in [2.45, 2.75) is 6.92 Å². The Morgan fingerprint density at radius 3 is 2.29 bits per heavy atom. The molecule has 0 saturated carbocycles. The first-order valence-electron chi connectivity index (χ1n) is 6.79. The Morgan fingerprint density at radius 1 is 1.08 bits per heavy atom. The number of non-ortho nitro benzene ring substituents is 1. The van der Waals surface area contributed by atoms with Crippen molar-refractivity contribution in [2.24, 2.45) is 0 Å². The first kappa shape index (κ1) is 16.9. The Hall–Kier alpha value is -3.49. The van der Waals surface area contributed by atoms with Crippen LogP contribution in [0.5, 0.6) is 5.75 Å². The van der Waals surface area contributed by atoms with E-state index in [0.29, 0.717) is 17.0 Å². The number of nitrogens with zero attached hydrogens (tertiary/aromatic N) is 2. The van der Waals surface area contributed by atoms with Gasteiger partial charge in [0.25, 0.3) is 17.3 Å². The van der Waals surface area contributed by atoms with Crippen LogP contribution >= 0.6 is 0 Å². The van der Waals surface area contributed by atoms with Crippen LogP contribution in [0.25, 0.3) is 0 Å². The van der Waals surface area contributed by atoms with Crippen molar-refractivity contribution in [3.05, 3.63) is 68.3 Å². The van der Waals surface area contributed by atoms with Gasteiger partial charge in [-0.15, -0.1) is 0 Å². The zero-order chi connectivity index (χ0) is 17.7. The number of nitrogens with one attached hydrogen (secondary N) is 1. The number of anilines is 1. The summed E-state index contributed by atoms with van der Waals surface area (Å²) in [4.78, 5) is 32.0. The van der Waals surface area contributed by atoms with Crippen LogP contribution in [0.2, 0.25) is 0 Å². The zero-order valence-corrected chi connectivity index (χ0v) is 12.6. The smallest absolute Gasteiger partial charge is 0.272 e. The lowest BCUT2D eigenvalue weighted by Crippen LogP contribution is -2.20. The molecule has 2 aromatic carbocycles. The molecule has 1 N–H and O–H groups in total. The van der Waals surface area contributed by atoms with Gasteiger partial charge in [0.05, 0.1) is 9.85 Å². The largest absolute Gasteiger partial charge is 0.484 e. The highest BCUT2D eigenvalue weighted by Gasteiger charge is 2.12. The van der Waals surface area contributed by atoms with Crippen molar-refractivity contribution in [3.8, 4) is 5.75 Å². The van der Waals surface area contributed by atoms with Gasteiger partial charge < -0.3 is 10.1 Å². The van der Waals surface area contributed by atoms with E-state index in [9.17, 15) is 25.0 Å². The van der Waals surface area contributed by atoms with Gasteiger partial charge in [0.2, 0.25) is 0 Å². The first-order valence-corrected chi connectivity index (χ1v) is 6.79. The molecule has 0 fully saturated rings. The average molecular weight is 331 g/mol. The number of rotatable bonds is 6. The van der Waals surface area contributed by atoms with Crippen molar-refractivity contribution >= 4 is 23.0 Å². The number of hydrogen-bond donors (Lipinski definition) is 1. The second kappa shape index (κ2) is 7.18. The molecule has 0 radical (unpaired) electrons. The minimum Gasteiger partial charge on any atom is -0.484 e. The highest BCUT2D eigenvalue weighted by atomic mass is 16.6. The molecular formula is C15H13N3O6. The standard InChI is InChI=1S/C15H13N3O6/c1-10-8-13(6-7-14(10)18(22)23)24-9-15(19)16-11-2-4-12(5-3-11)17(20)21/h2-8H,9H2,1H3,(H,16,19). The summed E-state index contributed by atoms with van der Waals surface area (Å²) in [6, 6.07) is 9.55. The van der Waals surface area contributed by atoms with Crippen molar-refractivity contribution in [2.75, 3.05) is 11.9 Å². The van der Waals surface area contributed by atoms with Crippen LogP contribution in [-0.4, -0.2) is 22.4 Å². The number of aryl methyl sites for hydroxylation is 1. The highest BCUT2D eigenvalue weighted by Crippen LogP contribution is 2.23. The monoisotopic (exact) mass is 331 g/mol. The first-order chi connectivity index (χ1) is 11.4. The third-order valence-corrected chi connectivity index (χ3v) is 3.10. The number of nitro benzene ring substituents is 2. The molecule has 9 nitrogen and oxygen atoms in total. The lowest BCUT2D eigenvalue weighted by Gasteiger charge is -2.08. The molecule has 24 heavy (non-hydrogen) atoms. The third kappa shape index (κ3) is 4.26. The molecule has 0 aliphatic rings. The zero-order valence-electron chi connectivity index (χ0n) is 12.6. The van der Waals surface area contributed by atoms with Gasteiger partial charge in [0.15, 0.2) is 6.61 Å². The number of carbonyl (C=O) groups is 1. The van der Waals surface area contributed by atoms with Crippen LogP contribution in [0, 0.1) is 27.2 Å². The molecule has 0 unspecified atom stereocenters. The highest BCUT2D eigenvalue weighted by molar-refractivity contribution is 5.91. The molecule has 2 aromatic rings. The van der Waals surface area contributed by atoms with Gasteiger partial charge in [-0.1, -0.05) is 0 Å². The molecule has 0 aliphatic heterocycles. The molecule has 124 valence electrons. The van der Waals surface area contributed by atoms with Crippen molar-refractivity contribution in [1.82, 2.24) is 0 Å². The van der Waals surface area contributed by atoms with Gasteiger partial charge >= 0.3 is 0 Å². The van der Waals surface area contributed by atoms with Gasteiger partial charge in [0, 0.05) is 29.4 Å². The van der Waals surface area contributed by atoms with Gasteiger partial charge in [-0.25, -0.2) is 0 Å². The maximum Gasteiger partial charge on any atom is 0.272 e. The van der Waals surface area contributed by atoms with Crippen LogP contribution in [0.4, 0.5) is 17.1 Å². The number of nitro groups is 2. The molecule has 0 aliphatic carbocycles. The molecule has 1 amide bonds. The molecule has 0 atom stereocenters. The summed E-state index contributed by atoms with van der Waals surface area (Å²) < 4.78 is 5.27. The van der Waals surface area contributed by atoms with E-state index in [1.807, 2.05) is 0 Å². The van der Waals surface area contributed by atoms with Crippen molar-refractivity contribution < 1.29 is 19.4 Å². The number of benzene rings is 2. The Balaban J connectivity index is 1.92. The quantitative estimate of drug-likeness (QED) is 0.641. The average Bonchev–Trinajstić information content (AvgIpc) is 2.53. The Morgan fingerprint density at radius 2 is 1.75 bits per heavy atom. The molecular weight excluding hydrogens is 318 g/mol. The number of hydrogen-bond acceptors (Lipinski definition) is 6. The lowest BCUT2D eigenvalue weighted by atomic mass is 10.2. The fourth-order valence-corrected chi connectivity index (χ4v) is 1.94. The molecule has 0 bridgehead atoms. The SMILES string of the molecule is Cc1cc(OCC(=O)Nc2ccc([N+](=O)[O-])cc2)ccc1[N+](=O)[O-]. The third-order valence-electron chi connectivity index (χ3n) is 3.10. The number of carbonyl (C=O) groups excluding carboxylic acids is 1. The second-order valence-electron chi connectivity index (χ2n) is 4.85. The summed E-state index contributed by atoms with van der Waals surface area (Å²) in [6.07, 6.45) is 0. The minimum absolute atomic E-state index is 0.0299. The van der Waals surface area contributed by atoms with E-state index in [2.05, 4.69) is 5.32 Å². The fraction of sp³-hybridized carbons (Fsp3) is 0.133. The lowest BCUT2D eigenvalue weighted by molar-refractivity contribution is -0.385. The van der Waals surface area contributed by atoms with E-state index in [4.69, 9.17) is 4.74 Å². The van der Waals surface area contributed by atoms with Crippen LogP contribution in [-0.2, 0) is 4.79 Å². The maximum absolute atomic E-state index is 11.8. The number of amides is 1. The van der Waals surface area contributed by atoms with Gasteiger partial charge in [0.1, 0.15) is 5.75 Å². The van der Waals surface area contributed by atoms with Crippen LogP contribution < -0.4 is 10.1 Å². The Kier molecular flexibility index (Phi) is 5.05. The molecule has 0 heterocycles. The van der Waals surface area contributed by atoms with E-state index in [1.54, 1.807) is 6.92 Å². The topological polar surface area (TPSA) is 125 Å². The van der Waals surface area contributed by atoms with Gasteiger partial charge in [-0.3, -0.25) is 25.0 Å². The molecule has 0 aromatic heterocycles. The maximum atomic E-state index is 11.8. The van der Waals surface area contributed by atoms with Crippen LogP contribution in [0.3, 0.4) is 0 Å². The predicted octanol–water partition coefficient (Wildman–Crippen LogP) is 2.83. The minimum atomic E-state index is -0.536. The summed E-state index contributed by atoms with van der Waals surface area (Å²) >= 11 is 0. The summed E-state index contributed by atoms with van der Waals surface area (Å²) in [5, 5.41) is 23.8. The van der Waals surface area contributed by atoms with E-state index < -0.39 is 15.8 Å². The Labute approximate surface area is 136 Å². The van der Waals surface area contributed by atoms with Gasteiger partial charge in [-0.2, -0.15) is 0 Å². The predicted molar refractivity (Wildman–Crippen MR) is 85.1 cm³/mol. The van der Waals surface area contributed by atoms with Gasteiger partial charge in [-0.05, 0) is 31.2 Å². The van der Waals surface area contributed by atoms with Crippen LogP contribution in [0.15, 0.2) is 42.5 Å². The molecule has 2 rings (SSSR count). The Bertz CT molecular complexity index is 788. The van der Waals surface area contributed by atoms with Crippen LogP contribution in [0.1, 0.15) is 5.56 Å². The summed E-state index contributed by atoms with van der Waals surface area (Å²) in [7, 11) is 0. The molecule has 9 heteroatoms. The van der Waals surface area contributed by atoms with E-state index >= 15 is 0 Å². The fourth-order valence-electron chi connectivity index (χ4n) is 1.94. The molecule has 0 spiro atoms. The van der Waals surface area contributed by atoms with Crippen molar-refractivity contribution in [3.63, 3.8) is 0 Å². The van der Waals surface area contributed by atoms with Crippen molar-refractivity contribution in [1.29, 1.82) is 0 Å². The molecule has 0 saturated heterocycles. The van der Waals surface area contributed by atoms with E-state index in [-0.39, 0.29) is 18.0 Å². The normalized spacial score (nSPS) is 10.0.